The average Bonchev–Trinajstić information content (AvgIpc) is 3.22. The monoisotopic (exact) mass is 460 g/mol. The first-order valence-corrected chi connectivity index (χ1v) is 9.42. The largest absolute Gasteiger partial charge is 0.355 e. The molecule has 1 aromatic heterocycles. The van der Waals surface area contributed by atoms with Crippen LogP contribution in [-0.2, 0) is 12.8 Å². The number of aromatic nitrogens is 2. The first-order chi connectivity index (χ1) is 11.7. The van der Waals surface area contributed by atoms with E-state index in [1.165, 1.54) is 37.2 Å². The molecule has 0 radical (unpaired) electrons. The van der Waals surface area contributed by atoms with Crippen LogP contribution in [-0.4, -0.2) is 59.9 Å². The molecule has 3 rings (SSSR count). The molecule has 0 bridgehead atoms. The molecular weight excluding hydrogens is 427 g/mol. The molecule has 1 atom stereocenters. The lowest BCUT2D eigenvalue weighted by atomic mass is 9.94. The van der Waals surface area contributed by atoms with Gasteiger partial charge in [0, 0.05) is 44.8 Å². The molecular formula is C18H33IN6. The maximum Gasteiger partial charge on any atom is 0.191 e. The van der Waals surface area contributed by atoms with Gasteiger partial charge in [0.25, 0.3) is 0 Å². The van der Waals surface area contributed by atoms with E-state index in [0.717, 1.165) is 38.3 Å². The van der Waals surface area contributed by atoms with Crippen LogP contribution in [0.25, 0.3) is 0 Å². The Morgan fingerprint density at radius 3 is 2.80 bits per heavy atom. The number of rotatable bonds is 5. The third-order valence-electron chi connectivity index (χ3n) is 5.11. The number of fused-ring (bicyclic) bond motifs is 1. The van der Waals surface area contributed by atoms with Crippen molar-refractivity contribution in [3.05, 3.63) is 17.5 Å². The predicted octanol–water partition coefficient (Wildman–Crippen LogP) is 2.20. The van der Waals surface area contributed by atoms with Crippen LogP contribution in [0.15, 0.2) is 11.2 Å². The zero-order chi connectivity index (χ0) is 16.9. The SMILES string of the molecule is CN=C(NCCN1CCCC1)NC1CCc2cn(C(C)C)nc2C1.I. The molecule has 1 aromatic rings. The van der Waals surface area contributed by atoms with Gasteiger partial charge in [0.1, 0.15) is 0 Å². The number of nitrogens with one attached hydrogen (secondary N) is 2. The molecule has 2 N–H and O–H groups in total. The fourth-order valence-corrected chi connectivity index (χ4v) is 3.63. The minimum absolute atomic E-state index is 0. The highest BCUT2D eigenvalue weighted by molar-refractivity contribution is 14.0. The van der Waals surface area contributed by atoms with E-state index in [-0.39, 0.29) is 24.0 Å². The van der Waals surface area contributed by atoms with Gasteiger partial charge in [-0.25, -0.2) is 0 Å². The van der Waals surface area contributed by atoms with Crippen molar-refractivity contribution >= 4 is 29.9 Å². The average molecular weight is 460 g/mol. The van der Waals surface area contributed by atoms with Gasteiger partial charge in [-0.1, -0.05) is 0 Å². The quantitative estimate of drug-likeness (QED) is 0.402. The number of hydrogen-bond donors (Lipinski definition) is 2. The summed E-state index contributed by atoms with van der Waals surface area (Å²) in [6, 6.07) is 0.855. The summed E-state index contributed by atoms with van der Waals surface area (Å²) < 4.78 is 2.09. The van der Waals surface area contributed by atoms with E-state index in [9.17, 15) is 0 Å². The second kappa shape index (κ2) is 9.75. The third kappa shape index (κ3) is 5.57. The lowest BCUT2D eigenvalue weighted by Gasteiger charge is -2.25. The van der Waals surface area contributed by atoms with E-state index in [4.69, 9.17) is 5.10 Å². The van der Waals surface area contributed by atoms with Gasteiger partial charge >= 0.3 is 0 Å². The van der Waals surface area contributed by atoms with Crippen molar-refractivity contribution in [1.82, 2.24) is 25.3 Å². The number of aryl methyl sites for hydroxylation is 1. The van der Waals surface area contributed by atoms with Gasteiger partial charge in [-0.05, 0) is 58.2 Å². The molecule has 1 unspecified atom stereocenters. The van der Waals surface area contributed by atoms with Crippen molar-refractivity contribution in [2.24, 2.45) is 4.99 Å². The smallest absolute Gasteiger partial charge is 0.191 e. The van der Waals surface area contributed by atoms with Gasteiger partial charge in [-0.15, -0.1) is 24.0 Å². The van der Waals surface area contributed by atoms with Gasteiger partial charge in [0.2, 0.25) is 0 Å². The Labute approximate surface area is 168 Å². The topological polar surface area (TPSA) is 57.5 Å². The summed E-state index contributed by atoms with van der Waals surface area (Å²) in [4.78, 5) is 6.91. The van der Waals surface area contributed by atoms with E-state index in [1.54, 1.807) is 0 Å². The van der Waals surface area contributed by atoms with Crippen LogP contribution in [0, 0.1) is 0 Å². The molecule has 0 spiro atoms. The third-order valence-corrected chi connectivity index (χ3v) is 5.11. The number of guanidine groups is 1. The van der Waals surface area contributed by atoms with E-state index in [2.05, 4.69) is 45.3 Å². The molecule has 6 nitrogen and oxygen atoms in total. The number of nitrogens with zero attached hydrogens (tertiary/aromatic N) is 4. The van der Waals surface area contributed by atoms with Crippen LogP contribution >= 0.6 is 24.0 Å². The molecule has 142 valence electrons. The van der Waals surface area contributed by atoms with Gasteiger partial charge in [-0.3, -0.25) is 9.67 Å². The van der Waals surface area contributed by atoms with E-state index in [0.29, 0.717) is 12.1 Å². The Morgan fingerprint density at radius 1 is 1.36 bits per heavy atom. The zero-order valence-electron chi connectivity index (χ0n) is 15.8. The molecule has 1 aliphatic carbocycles. The summed E-state index contributed by atoms with van der Waals surface area (Å²) in [6.07, 6.45) is 8.15. The molecule has 0 saturated carbocycles. The molecule has 1 saturated heterocycles. The summed E-state index contributed by atoms with van der Waals surface area (Å²) in [5, 5.41) is 11.8. The fraction of sp³-hybridized carbons (Fsp3) is 0.778. The Bertz CT molecular complexity index is 562. The summed E-state index contributed by atoms with van der Waals surface area (Å²) in [5.74, 6) is 0.922. The lowest BCUT2D eigenvalue weighted by Crippen LogP contribution is -2.47. The van der Waals surface area contributed by atoms with E-state index >= 15 is 0 Å². The summed E-state index contributed by atoms with van der Waals surface area (Å²) in [7, 11) is 1.85. The molecule has 0 amide bonds. The summed E-state index contributed by atoms with van der Waals surface area (Å²) in [5.41, 5.74) is 2.67. The highest BCUT2D eigenvalue weighted by Gasteiger charge is 2.23. The molecule has 25 heavy (non-hydrogen) atoms. The van der Waals surface area contributed by atoms with Crippen molar-refractivity contribution in [2.75, 3.05) is 33.2 Å². The van der Waals surface area contributed by atoms with E-state index in [1.807, 2.05) is 7.05 Å². The van der Waals surface area contributed by atoms with Crippen LogP contribution in [0.1, 0.15) is 50.4 Å². The lowest BCUT2D eigenvalue weighted by molar-refractivity contribution is 0.343. The van der Waals surface area contributed by atoms with Crippen LogP contribution in [0.2, 0.25) is 0 Å². The highest BCUT2D eigenvalue weighted by Crippen LogP contribution is 2.21. The van der Waals surface area contributed by atoms with Crippen molar-refractivity contribution in [2.45, 2.75) is 58.0 Å². The van der Waals surface area contributed by atoms with Gasteiger partial charge in [0.05, 0.1) is 5.69 Å². The van der Waals surface area contributed by atoms with Crippen molar-refractivity contribution in [3.63, 3.8) is 0 Å². The summed E-state index contributed by atoms with van der Waals surface area (Å²) in [6.45, 7) is 8.92. The van der Waals surface area contributed by atoms with Gasteiger partial charge in [-0.2, -0.15) is 5.10 Å². The zero-order valence-corrected chi connectivity index (χ0v) is 18.1. The maximum absolute atomic E-state index is 4.76. The minimum Gasteiger partial charge on any atom is -0.355 e. The van der Waals surface area contributed by atoms with Crippen LogP contribution in [0.3, 0.4) is 0 Å². The molecule has 7 heteroatoms. The number of likely N-dealkylation sites (tertiary alicyclic amines) is 1. The Balaban J connectivity index is 0.00000225. The first kappa shape index (κ1) is 20.5. The second-order valence-corrected chi connectivity index (χ2v) is 7.31. The van der Waals surface area contributed by atoms with E-state index < -0.39 is 0 Å². The number of aliphatic imine (C=N–C) groups is 1. The first-order valence-electron chi connectivity index (χ1n) is 9.42. The van der Waals surface area contributed by atoms with Crippen molar-refractivity contribution < 1.29 is 0 Å². The maximum atomic E-state index is 4.76. The molecule has 1 fully saturated rings. The standard InChI is InChI=1S/C18H32N6.HI/c1-14(2)24-13-15-6-7-16(12-17(15)22-24)21-18(19-3)20-8-11-23-9-4-5-10-23;/h13-14,16H,4-12H2,1-3H3,(H2,19,20,21);1H. The van der Waals surface area contributed by atoms with Crippen LogP contribution in [0.5, 0.6) is 0 Å². The number of halogens is 1. The Morgan fingerprint density at radius 2 is 2.12 bits per heavy atom. The van der Waals surface area contributed by atoms with Crippen LogP contribution < -0.4 is 10.6 Å². The molecule has 0 aromatic carbocycles. The van der Waals surface area contributed by atoms with Crippen LogP contribution in [0.4, 0.5) is 0 Å². The molecule has 2 heterocycles. The van der Waals surface area contributed by atoms with Crippen molar-refractivity contribution in [3.8, 4) is 0 Å². The van der Waals surface area contributed by atoms with Gasteiger partial charge in [0.15, 0.2) is 5.96 Å². The minimum atomic E-state index is 0. The predicted molar refractivity (Wildman–Crippen MR) is 114 cm³/mol. The fourth-order valence-electron chi connectivity index (χ4n) is 3.63. The van der Waals surface area contributed by atoms with Crippen molar-refractivity contribution in [1.29, 1.82) is 0 Å². The Kier molecular flexibility index (Phi) is 7.99. The second-order valence-electron chi connectivity index (χ2n) is 7.31. The number of hydrogen-bond acceptors (Lipinski definition) is 3. The summed E-state index contributed by atoms with van der Waals surface area (Å²) >= 11 is 0. The van der Waals surface area contributed by atoms with Gasteiger partial charge < -0.3 is 15.5 Å². The Hall–Kier alpha value is -0.830. The molecule has 2 aliphatic rings. The normalized spacial score (nSPS) is 21.1. The molecule has 1 aliphatic heterocycles. The highest BCUT2D eigenvalue weighted by atomic mass is 127.